The lowest BCUT2D eigenvalue weighted by Gasteiger charge is -2.29. The van der Waals surface area contributed by atoms with Crippen molar-refractivity contribution in [3.63, 3.8) is 0 Å². The van der Waals surface area contributed by atoms with Crippen LogP contribution in [0.4, 0.5) is 0 Å². The first-order valence-electron chi connectivity index (χ1n) is 9.61. The van der Waals surface area contributed by atoms with E-state index in [1.165, 1.54) is 23.6 Å². The largest absolute Gasteiger partial charge is 0.452 e. The summed E-state index contributed by atoms with van der Waals surface area (Å²) >= 11 is 1.36. The molecule has 2 aromatic carbocycles. The maximum Gasteiger partial charge on any atom is 0.317 e. The van der Waals surface area contributed by atoms with Crippen LogP contribution in [0.3, 0.4) is 0 Å². The molecule has 2 atom stereocenters. The molecule has 1 saturated heterocycles. The number of amides is 1. The quantitative estimate of drug-likeness (QED) is 0.491. The molecule has 0 N–H and O–H groups in total. The molecule has 1 aliphatic rings. The smallest absolute Gasteiger partial charge is 0.317 e. The van der Waals surface area contributed by atoms with E-state index in [0.717, 1.165) is 15.7 Å². The van der Waals surface area contributed by atoms with E-state index in [1.807, 2.05) is 42.5 Å². The predicted octanol–water partition coefficient (Wildman–Crippen LogP) is 2.90. The normalized spacial score (nSPS) is 19.0. The highest BCUT2D eigenvalue weighted by Crippen LogP contribution is 2.24. The third-order valence-corrected chi connectivity index (χ3v) is 7.72. The lowest BCUT2D eigenvalue weighted by Crippen LogP contribution is -2.46. The minimum atomic E-state index is -3.09. The Bertz CT molecular complexity index is 1010. The van der Waals surface area contributed by atoms with Gasteiger partial charge in [-0.1, -0.05) is 30.3 Å². The predicted molar refractivity (Wildman–Crippen MR) is 115 cm³/mol. The first-order valence-corrected chi connectivity index (χ1v) is 12.4. The Morgan fingerprint density at radius 3 is 2.59 bits per heavy atom. The molecule has 3 rings (SSSR count). The third-order valence-electron chi connectivity index (χ3n) is 5.01. The molecule has 0 aliphatic carbocycles. The number of hydrogen-bond acceptors (Lipinski definition) is 6. The number of esters is 1. The fraction of sp³-hybridized carbons (Fsp3) is 0.429. The van der Waals surface area contributed by atoms with Gasteiger partial charge in [-0.05, 0) is 43.2 Å². The highest BCUT2D eigenvalue weighted by molar-refractivity contribution is 8.00. The molecular formula is C21H25NO5S2. The molecule has 1 heterocycles. The molecule has 1 aliphatic heterocycles. The fourth-order valence-corrected chi connectivity index (χ4v) is 5.99. The second-order valence-corrected chi connectivity index (χ2v) is 10.4. The number of sulfone groups is 1. The van der Waals surface area contributed by atoms with Gasteiger partial charge in [-0.3, -0.25) is 9.59 Å². The molecule has 1 fully saturated rings. The van der Waals surface area contributed by atoms with Crippen LogP contribution < -0.4 is 0 Å². The molecular weight excluding hydrogens is 410 g/mol. The van der Waals surface area contributed by atoms with Crippen LogP contribution in [0.1, 0.15) is 20.3 Å². The standard InChI is InChI=1S/C21H25NO5S2/c1-3-22(18-10-11-29(25,26)14-18)21(24)15(2)27-20(23)13-28-19-9-8-16-6-4-5-7-17(16)12-19/h4-9,12,15,18H,3,10-11,13-14H2,1-2H3. The van der Waals surface area contributed by atoms with E-state index >= 15 is 0 Å². The summed E-state index contributed by atoms with van der Waals surface area (Å²) in [5, 5.41) is 2.23. The van der Waals surface area contributed by atoms with Crippen molar-refractivity contribution in [3.8, 4) is 0 Å². The van der Waals surface area contributed by atoms with Crippen molar-refractivity contribution >= 4 is 44.2 Å². The summed E-state index contributed by atoms with van der Waals surface area (Å²) in [7, 11) is -3.09. The average Bonchev–Trinajstić information content (AvgIpc) is 3.06. The van der Waals surface area contributed by atoms with Crippen LogP contribution in [-0.2, 0) is 24.2 Å². The lowest BCUT2D eigenvalue weighted by atomic mass is 10.1. The summed E-state index contributed by atoms with van der Waals surface area (Å²) in [6.45, 7) is 3.72. The van der Waals surface area contributed by atoms with Gasteiger partial charge >= 0.3 is 5.97 Å². The van der Waals surface area contributed by atoms with Crippen molar-refractivity contribution in [2.45, 2.75) is 37.3 Å². The summed E-state index contributed by atoms with van der Waals surface area (Å²) in [4.78, 5) is 27.4. The number of benzene rings is 2. The second-order valence-electron chi connectivity index (χ2n) is 7.11. The Morgan fingerprint density at radius 2 is 1.93 bits per heavy atom. The molecule has 0 spiro atoms. The molecule has 29 heavy (non-hydrogen) atoms. The van der Waals surface area contributed by atoms with E-state index in [4.69, 9.17) is 4.74 Å². The molecule has 156 valence electrons. The van der Waals surface area contributed by atoms with Crippen LogP contribution in [0.25, 0.3) is 10.8 Å². The van der Waals surface area contributed by atoms with Gasteiger partial charge in [-0.15, -0.1) is 11.8 Å². The first kappa shape index (κ1) is 21.6. The van der Waals surface area contributed by atoms with Crippen LogP contribution in [-0.4, -0.2) is 61.1 Å². The van der Waals surface area contributed by atoms with E-state index < -0.39 is 21.9 Å². The van der Waals surface area contributed by atoms with E-state index in [-0.39, 0.29) is 29.2 Å². The van der Waals surface area contributed by atoms with Crippen LogP contribution in [0.2, 0.25) is 0 Å². The second kappa shape index (κ2) is 9.17. The number of hydrogen-bond donors (Lipinski definition) is 0. The van der Waals surface area contributed by atoms with Crippen LogP contribution in [0.5, 0.6) is 0 Å². The van der Waals surface area contributed by atoms with Crippen LogP contribution in [0, 0.1) is 0 Å². The van der Waals surface area contributed by atoms with Crippen molar-refractivity contribution in [3.05, 3.63) is 42.5 Å². The maximum absolute atomic E-state index is 12.7. The SMILES string of the molecule is CCN(C(=O)C(C)OC(=O)CSc1ccc2ccccc2c1)C1CCS(=O)(=O)C1. The van der Waals surface area contributed by atoms with E-state index in [2.05, 4.69) is 0 Å². The summed E-state index contributed by atoms with van der Waals surface area (Å²) in [6, 6.07) is 13.6. The maximum atomic E-state index is 12.7. The fourth-order valence-electron chi connectivity index (χ4n) is 3.53. The van der Waals surface area contributed by atoms with Gasteiger partial charge in [0.15, 0.2) is 15.9 Å². The highest BCUT2D eigenvalue weighted by Gasteiger charge is 2.36. The molecule has 1 amide bonds. The minimum absolute atomic E-state index is 0.0228. The Hall–Kier alpha value is -2.06. The number of rotatable bonds is 7. The Labute approximate surface area is 175 Å². The molecule has 0 aromatic heterocycles. The van der Waals surface area contributed by atoms with Gasteiger partial charge in [0.25, 0.3) is 5.91 Å². The summed E-state index contributed by atoms with van der Waals surface area (Å²) < 4.78 is 28.7. The van der Waals surface area contributed by atoms with Crippen molar-refractivity contribution in [1.82, 2.24) is 4.90 Å². The van der Waals surface area contributed by atoms with Gasteiger partial charge in [0.2, 0.25) is 0 Å². The van der Waals surface area contributed by atoms with E-state index in [0.29, 0.717) is 13.0 Å². The molecule has 0 saturated carbocycles. The zero-order chi connectivity index (χ0) is 21.0. The number of thioether (sulfide) groups is 1. The number of carbonyl (C=O) groups excluding carboxylic acids is 2. The monoisotopic (exact) mass is 435 g/mol. The average molecular weight is 436 g/mol. The first-order chi connectivity index (χ1) is 13.8. The number of fused-ring (bicyclic) bond motifs is 1. The van der Waals surface area contributed by atoms with Crippen molar-refractivity contribution in [1.29, 1.82) is 0 Å². The summed E-state index contributed by atoms with van der Waals surface area (Å²) in [5.41, 5.74) is 0. The number of ether oxygens (including phenoxy) is 1. The lowest BCUT2D eigenvalue weighted by molar-refractivity contribution is -0.157. The van der Waals surface area contributed by atoms with Crippen molar-refractivity contribution in [2.75, 3.05) is 23.8 Å². The minimum Gasteiger partial charge on any atom is -0.452 e. The van der Waals surface area contributed by atoms with Crippen LogP contribution >= 0.6 is 11.8 Å². The van der Waals surface area contributed by atoms with E-state index in [9.17, 15) is 18.0 Å². The molecule has 8 heteroatoms. The Morgan fingerprint density at radius 1 is 1.21 bits per heavy atom. The van der Waals surface area contributed by atoms with Gasteiger partial charge in [-0.25, -0.2) is 8.42 Å². The zero-order valence-electron chi connectivity index (χ0n) is 16.5. The third kappa shape index (κ3) is 5.51. The zero-order valence-corrected chi connectivity index (χ0v) is 18.2. The molecule has 6 nitrogen and oxygen atoms in total. The van der Waals surface area contributed by atoms with Gasteiger partial charge in [0.1, 0.15) is 0 Å². The van der Waals surface area contributed by atoms with Gasteiger partial charge < -0.3 is 9.64 Å². The molecule has 2 unspecified atom stereocenters. The number of carbonyl (C=O) groups is 2. The number of likely N-dealkylation sites (N-methyl/N-ethyl adjacent to an activating group) is 1. The topological polar surface area (TPSA) is 80.8 Å². The van der Waals surface area contributed by atoms with Crippen molar-refractivity contribution < 1.29 is 22.7 Å². The highest BCUT2D eigenvalue weighted by atomic mass is 32.2. The Balaban J connectivity index is 1.54. The summed E-state index contributed by atoms with van der Waals surface area (Å²) in [6.07, 6.45) is -0.511. The van der Waals surface area contributed by atoms with E-state index in [1.54, 1.807) is 6.92 Å². The van der Waals surface area contributed by atoms with Gasteiger partial charge in [0.05, 0.1) is 17.3 Å². The van der Waals surface area contributed by atoms with Crippen molar-refractivity contribution in [2.24, 2.45) is 0 Å². The summed E-state index contributed by atoms with van der Waals surface area (Å²) in [5.74, 6) is -0.652. The molecule has 0 radical (unpaired) electrons. The Kier molecular flexibility index (Phi) is 6.85. The van der Waals surface area contributed by atoms with Gasteiger partial charge in [0, 0.05) is 17.5 Å². The molecule has 2 aromatic rings. The van der Waals surface area contributed by atoms with Crippen LogP contribution in [0.15, 0.2) is 47.4 Å². The van der Waals surface area contributed by atoms with Gasteiger partial charge in [-0.2, -0.15) is 0 Å². The molecule has 0 bridgehead atoms. The number of nitrogens with zero attached hydrogens (tertiary/aromatic N) is 1.